The quantitative estimate of drug-likeness (QED) is 0.304. The van der Waals surface area contributed by atoms with E-state index < -0.39 is 0 Å². The van der Waals surface area contributed by atoms with Crippen molar-refractivity contribution in [1.82, 2.24) is 5.43 Å². The van der Waals surface area contributed by atoms with Gasteiger partial charge in [-0.15, -0.1) is 0 Å². The van der Waals surface area contributed by atoms with Gasteiger partial charge in [-0.1, -0.05) is 73.7 Å². The van der Waals surface area contributed by atoms with Crippen LogP contribution in [0.15, 0.2) is 84.0 Å². The van der Waals surface area contributed by atoms with Crippen LogP contribution in [0, 0.1) is 0 Å². The van der Waals surface area contributed by atoms with Gasteiger partial charge in [0, 0.05) is 16.6 Å². The lowest BCUT2D eigenvalue weighted by atomic mass is 10.0. The smallest absolute Gasteiger partial charge is 0.259 e. The summed E-state index contributed by atoms with van der Waals surface area (Å²) in [5, 5.41) is 11.7. The Hall–Kier alpha value is -3.86. The molecule has 156 valence electrons. The van der Waals surface area contributed by atoms with Gasteiger partial charge in [-0.3, -0.25) is 4.79 Å². The van der Waals surface area contributed by atoms with Crippen molar-refractivity contribution in [3.63, 3.8) is 0 Å². The lowest BCUT2D eigenvalue weighted by Gasteiger charge is -2.11. The van der Waals surface area contributed by atoms with Crippen LogP contribution in [-0.2, 0) is 4.79 Å². The van der Waals surface area contributed by atoms with Crippen LogP contribution in [0.25, 0.3) is 21.5 Å². The SMILES string of the molecule is CCCOc1ccc2ccccc2c1/C=N\NC(=O)CNc1cccc2ccccc12. The van der Waals surface area contributed by atoms with Crippen LogP contribution in [0.5, 0.6) is 5.75 Å². The molecule has 0 fully saturated rings. The van der Waals surface area contributed by atoms with Gasteiger partial charge in [0.05, 0.1) is 19.4 Å². The summed E-state index contributed by atoms with van der Waals surface area (Å²) in [7, 11) is 0. The molecule has 2 N–H and O–H groups in total. The van der Waals surface area contributed by atoms with E-state index in [0.29, 0.717) is 6.61 Å². The second-order valence-corrected chi connectivity index (χ2v) is 7.22. The molecular formula is C26H25N3O2. The number of carbonyl (C=O) groups excluding carboxylic acids is 1. The maximum absolute atomic E-state index is 12.3. The van der Waals surface area contributed by atoms with Crippen LogP contribution in [0.1, 0.15) is 18.9 Å². The van der Waals surface area contributed by atoms with Crippen molar-refractivity contribution in [1.29, 1.82) is 0 Å². The Morgan fingerprint density at radius 2 is 1.61 bits per heavy atom. The van der Waals surface area contributed by atoms with Gasteiger partial charge in [-0.25, -0.2) is 5.43 Å². The summed E-state index contributed by atoms with van der Waals surface area (Å²) in [6, 6.07) is 26.1. The Morgan fingerprint density at radius 1 is 0.903 bits per heavy atom. The van der Waals surface area contributed by atoms with Gasteiger partial charge in [0.15, 0.2) is 0 Å². The van der Waals surface area contributed by atoms with Crippen LogP contribution < -0.4 is 15.5 Å². The molecule has 4 rings (SSSR count). The standard InChI is InChI=1S/C26H25N3O2/c1-2-16-31-25-15-14-20-9-3-5-11-21(20)23(25)17-28-29-26(30)18-27-24-13-7-10-19-8-4-6-12-22(19)24/h3-15,17,27H,2,16,18H2,1H3,(H,29,30)/b28-17-. The van der Waals surface area contributed by atoms with E-state index in [0.717, 1.165) is 45.0 Å². The van der Waals surface area contributed by atoms with E-state index in [9.17, 15) is 4.79 Å². The molecule has 0 aliphatic heterocycles. The number of amides is 1. The van der Waals surface area contributed by atoms with Crippen molar-refractivity contribution >= 4 is 39.4 Å². The summed E-state index contributed by atoms with van der Waals surface area (Å²) in [5.41, 5.74) is 4.38. The Balaban J connectivity index is 1.45. The summed E-state index contributed by atoms with van der Waals surface area (Å²) in [6.07, 6.45) is 2.57. The minimum atomic E-state index is -0.222. The Morgan fingerprint density at radius 3 is 2.42 bits per heavy atom. The summed E-state index contributed by atoms with van der Waals surface area (Å²) in [6.45, 7) is 2.82. The number of fused-ring (bicyclic) bond motifs is 2. The summed E-state index contributed by atoms with van der Waals surface area (Å²) >= 11 is 0. The molecule has 0 heterocycles. The fourth-order valence-corrected chi connectivity index (χ4v) is 3.51. The van der Waals surface area contributed by atoms with E-state index in [1.165, 1.54) is 0 Å². The zero-order valence-corrected chi connectivity index (χ0v) is 17.5. The molecule has 0 aromatic heterocycles. The molecular weight excluding hydrogens is 386 g/mol. The van der Waals surface area contributed by atoms with Gasteiger partial charge < -0.3 is 10.1 Å². The number of carbonyl (C=O) groups is 1. The Bertz CT molecular complexity index is 1230. The Labute approximate surface area is 181 Å². The molecule has 0 aliphatic carbocycles. The molecule has 0 radical (unpaired) electrons. The first-order valence-corrected chi connectivity index (χ1v) is 10.4. The van der Waals surface area contributed by atoms with Crippen molar-refractivity contribution in [2.75, 3.05) is 18.5 Å². The second kappa shape index (κ2) is 9.76. The highest BCUT2D eigenvalue weighted by molar-refractivity contribution is 6.03. The van der Waals surface area contributed by atoms with Gasteiger partial charge in [-0.2, -0.15) is 5.10 Å². The number of hydrogen-bond acceptors (Lipinski definition) is 4. The highest BCUT2D eigenvalue weighted by Crippen LogP contribution is 2.27. The predicted octanol–water partition coefficient (Wildman–Crippen LogP) is 5.34. The molecule has 4 aromatic rings. The van der Waals surface area contributed by atoms with Gasteiger partial charge in [0.2, 0.25) is 0 Å². The van der Waals surface area contributed by atoms with E-state index in [-0.39, 0.29) is 12.5 Å². The van der Waals surface area contributed by atoms with E-state index in [1.807, 2.05) is 78.9 Å². The number of nitrogens with zero attached hydrogens (tertiary/aromatic N) is 1. The summed E-state index contributed by atoms with van der Waals surface area (Å²) in [4.78, 5) is 12.3. The number of anilines is 1. The molecule has 5 nitrogen and oxygen atoms in total. The van der Waals surface area contributed by atoms with Gasteiger partial charge in [-0.05, 0) is 34.7 Å². The average molecular weight is 412 g/mol. The maximum Gasteiger partial charge on any atom is 0.259 e. The summed E-state index contributed by atoms with van der Waals surface area (Å²) < 4.78 is 5.88. The fraction of sp³-hybridized carbons (Fsp3) is 0.154. The van der Waals surface area contributed by atoms with Gasteiger partial charge in [0.25, 0.3) is 5.91 Å². The fourth-order valence-electron chi connectivity index (χ4n) is 3.51. The van der Waals surface area contributed by atoms with E-state index in [1.54, 1.807) is 6.21 Å². The highest BCUT2D eigenvalue weighted by Gasteiger charge is 2.08. The lowest BCUT2D eigenvalue weighted by Crippen LogP contribution is -2.26. The molecule has 0 atom stereocenters. The van der Waals surface area contributed by atoms with E-state index >= 15 is 0 Å². The number of benzene rings is 4. The number of hydrazone groups is 1. The van der Waals surface area contributed by atoms with Gasteiger partial charge in [0.1, 0.15) is 5.75 Å². The van der Waals surface area contributed by atoms with Crippen molar-refractivity contribution in [2.45, 2.75) is 13.3 Å². The molecule has 0 saturated heterocycles. The van der Waals surface area contributed by atoms with E-state index in [2.05, 4.69) is 22.8 Å². The van der Waals surface area contributed by atoms with E-state index in [4.69, 9.17) is 4.74 Å². The summed E-state index contributed by atoms with van der Waals surface area (Å²) in [5.74, 6) is 0.535. The molecule has 0 aliphatic rings. The molecule has 31 heavy (non-hydrogen) atoms. The molecule has 0 unspecified atom stereocenters. The molecule has 4 aromatic carbocycles. The van der Waals surface area contributed by atoms with Crippen molar-refractivity contribution < 1.29 is 9.53 Å². The second-order valence-electron chi connectivity index (χ2n) is 7.22. The van der Waals surface area contributed by atoms with Crippen molar-refractivity contribution in [2.24, 2.45) is 5.10 Å². The predicted molar refractivity (Wildman–Crippen MR) is 128 cm³/mol. The third kappa shape index (κ3) is 4.83. The number of rotatable bonds is 8. The van der Waals surface area contributed by atoms with Crippen LogP contribution in [-0.4, -0.2) is 25.3 Å². The number of hydrogen-bond donors (Lipinski definition) is 2. The molecule has 0 spiro atoms. The average Bonchev–Trinajstić information content (AvgIpc) is 2.82. The molecule has 0 saturated carbocycles. The van der Waals surface area contributed by atoms with Gasteiger partial charge >= 0.3 is 0 Å². The van der Waals surface area contributed by atoms with Crippen molar-refractivity contribution in [3.8, 4) is 5.75 Å². The first-order valence-electron chi connectivity index (χ1n) is 10.4. The maximum atomic E-state index is 12.3. The third-order valence-electron chi connectivity index (χ3n) is 5.00. The van der Waals surface area contributed by atoms with Crippen LogP contribution in [0.3, 0.4) is 0 Å². The number of ether oxygens (including phenoxy) is 1. The zero-order valence-electron chi connectivity index (χ0n) is 17.5. The topological polar surface area (TPSA) is 62.7 Å². The minimum Gasteiger partial charge on any atom is -0.493 e. The van der Waals surface area contributed by atoms with Crippen LogP contribution in [0.2, 0.25) is 0 Å². The molecule has 1 amide bonds. The first-order chi connectivity index (χ1) is 15.3. The largest absolute Gasteiger partial charge is 0.493 e. The highest BCUT2D eigenvalue weighted by atomic mass is 16.5. The molecule has 0 bridgehead atoms. The third-order valence-corrected chi connectivity index (χ3v) is 5.00. The first kappa shape index (κ1) is 20.4. The van der Waals surface area contributed by atoms with Crippen LogP contribution >= 0.6 is 0 Å². The minimum absolute atomic E-state index is 0.125. The lowest BCUT2D eigenvalue weighted by molar-refractivity contribution is -0.119. The zero-order chi connectivity index (χ0) is 21.5. The monoisotopic (exact) mass is 411 g/mol. The Kier molecular flexibility index (Phi) is 6.43. The normalized spacial score (nSPS) is 11.1. The number of nitrogens with one attached hydrogen (secondary N) is 2. The van der Waals surface area contributed by atoms with Crippen molar-refractivity contribution in [3.05, 3.63) is 84.4 Å². The molecule has 5 heteroatoms. The van der Waals surface area contributed by atoms with Crippen LogP contribution in [0.4, 0.5) is 5.69 Å².